The summed E-state index contributed by atoms with van der Waals surface area (Å²) in [6, 6.07) is 6.90. The van der Waals surface area contributed by atoms with Crippen molar-refractivity contribution in [2.45, 2.75) is 20.4 Å². The van der Waals surface area contributed by atoms with Crippen LogP contribution in [0.2, 0.25) is 0 Å². The molecule has 0 saturated carbocycles. The van der Waals surface area contributed by atoms with Crippen LogP contribution in [0.3, 0.4) is 0 Å². The number of hydrogen-bond acceptors (Lipinski definition) is 5. The third-order valence-corrected chi connectivity index (χ3v) is 4.98. The van der Waals surface area contributed by atoms with E-state index < -0.39 is 0 Å². The van der Waals surface area contributed by atoms with Crippen LogP contribution >= 0.6 is 11.3 Å². The van der Waals surface area contributed by atoms with Gasteiger partial charge in [0.25, 0.3) is 5.56 Å². The molecule has 0 saturated heterocycles. The lowest BCUT2D eigenvalue weighted by Crippen LogP contribution is -2.24. The number of methoxy groups -OCH3 is 1. The standard InChI is InChI=1S/C17H16N2O3S/c1-10-11(2)23-16-15(10)17(21)19(9-18-16)8-14(20)12-5-4-6-13(7-12)22-3/h4-7,9H,8H2,1-3H3. The third kappa shape index (κ3) is 2.77. The van der Waals surface area contributed by atoms with Crippen LogP contribution in [0.15, 0.2) is 35.4 Å². The fourth-order valence-corrected chi connectivity index (χ4v) is 3.41. The van der Waals surface area contributed by atoms with Crippen LogP contribution in [-0.4, -0.2) is 22.4 Å². The van der Waals surface area contributed by atoms with Gasteiger partial charge in [0.1, 0.15) is 10.6 Å². The number of hydrogen-bond donors (Lipinski definition) is 0. The molecule has 5 nitrogen and oxygen atoms in total. The fraction of sp³-hybridized carbons (Fsp3) is 0.235. The van der Waals surface area contributed by atoms with E-state index in [2.05, 4.69) is 4.98 Å². The summed E-state index contributed by atoms with van der Waals surface area (Å²) in [5.41, 5.74) is 1.27. The number of ether oxygens (including phenoxy) is 1. The maximum atomic E-state index is 12.6. The Morgan fingerprint density at radius 2 is 2.13 bits per heavy atom. The highest BCUT2D eigenvalue weighted by Crippen LogP contribution is 2.25. The van der Waals surface area contributed by atoms with E-state index in [4.69, 9.17) is 4.74 Å². The Labute approximate surface area is 137 Å². The number of thiophene rings is 1. The second-order valence-electron chi connectivity index (χ2n) is 5.30. The molecule has 0 aliphatic carbocycles. The molecule has 0 aliphatic rings. The first-order valence-electron chi connectivity index (χ1n) is 7.13. The van der Waals surface area contributed by atoms with Gasteiger partial charge in [0.2, 0.25) is 0 Å². The fourth-order valence-electron chi connectivity index (χ4n) is 2.43. The van der Waals surface area contributed by atoms with Gasteiger partial charge in [-0.15, -0.1) is 11.3 Å². The lowest BCUT2D eigenvalue weighted by Gasteiger charge is -2.06. The zero-order valence-electron chi connectivity index (χ0n) is 13.1. The van der Waals surface area contributed by atoms with Gasteiger partial charge in [0.15, 0.2) is 5.78 Å². The molecule has 0 aliphatic heterocycles. The Morgan fingerprint density at radius 3 is 2.87 bits per heavy atom. The Bertz CT molecular complexity index is 956. The second kappa shape index (κ2) is 5.96. The van der Waals surface area contributed by atoms with Gasteiger partial charge in [0, 0.05) is 10.4 Å². The Kier molecular flexibility index (Phi) is 4.00. The molecule has 0 bridgehead atoms. The number of ketones is 1. The molecule has 2 heterocycles. The summed E-state index contributed by atoms with van der Waals surface area (Å²) >= 11 is 1.50. The highest BCUT2D eigenvalue weighted by Gasteiger charge is 2.14. The summed E-state index contributed by atoms with van der Waals surface area (Å²) in [6.45, 7) is 3.83. The van der Waals surface area contributed by atoms with Gasteiger partial charge in [-0.1, -0.05) is 12.1 Å². The van der Waals surface area contributed by atoms with Crippen molar-refractivity contribution in [3.63, 3.8) is 0 Å². The number of aryl methyl sites for hydroxylation is 2. The van der Waals surface area contributed by atoms with E-state index in [1.54, 1.807) is 31.4 Å². The normalized spacial score (nSPS) is 10.9. The van der Waals surface area contributed by atoms with Gasteiger partial charge >= 0.3 is 0 Å². The van der Waals surface area contributed by atoms with Gasteiger partial charge < -0.3 is 4.74 Å². The number of aromatic nitrogens is 2. The average molecular weight is 328 g/mol. The van der Waals surface area contributed by atoms with Gasteiger partial charge in [-0.3, -0.25) is 14.2 Å². The van der Waals surface area contributed by atoms with Gasteiger partial charge in [0.05, 0.1) is 25.4 Å². The number of benzene rings is 1. The van der Waals surface area contributed by atoms with Crippen molar-refractivity contribution in [3.05, 3.63) is 57.0 Å². The number of nitrogens with zero attached hydrogens (tertiary/aromatic N) is 2. The van der Waals surface area contributed by atoms with Crippen LogP contribution < -0.4 is 10.3 Å². The highest BCUT2D eigenvalue weighted by molar-refractivity contribution is 7.18. The second-order valence-corrected chi connectivity index (χ2v) is 6.50. The molecule has 0 spiro atoms. The van der Waals surface area contributed by atoms with E-state index in [0.717, 1.165) is 15.3 Å². The van der Waals surface area contributed by atoms with E-state index in [-0.39, 0.29) is 17.9 Å². The Hall–Kier alpha value is -2.47. The van der Waals surface area contributed by atoms with Gasteiger partial charge in [-0.25, -0.2) is 4.98 Å². The van der Waals surface area contributed by atoms with E-state index in [9.17, 15) is 9.59 Å². The van der Waals surface area contributed by atoms with Crippen LogP contribution in [0.1, 0.15) is 20.8 Å². The molecule has 0 unspecified atom stereocenters. The summed E-state index contributed by atoms with van der Waals surface area (Å²) in [5.74, 6) is 0.456. The zero-order chi connectivity index (χ0) is 16.6. The van der Waals surface area contributed by atoms with E-state index >= 15 is 0 Å². The van der Waals surface area contributed by atoms with Crippen molar-refractivity contribution in [2.24, 2.45) is 0 Å². The smallest absolute Gasteiger partial charge is 0.262 e. The molecule has 0 atom stereocenters. The van der Waals surface area contributed by atoms with Crippen LogP contribution in [-0.2, 0) is 6.54 Å². The minimum absolute atomic E-state index is 0.0384. The number of fused-ring (bicyclic) bond motifs is 1. The number of Topliss-reactive ketones (excluding diaryl/α,β-unsaturated/α-hetero) is 1. The quantitative estimate of drug-likeness (QED) is 0.691. The summed E-state index contributed by atoms with van der Waals surface area (Å²) in [4.78, 5) is 31.1. The number of carbonyl (C=O) groups is 1. The van der Waals surface area contributed by atoms with Crippen molar-refractivity contribution in [3.8, 4) is 5.75 Å². The molecular weight excluding hydrogens is 312 g/mol. The molecule has 6 heteroatoms. The van der Waals surface area contributed by atoms with Gasteiger partial charge in [-0.2, -0.15) is 0 Å². The lowest BCUT2D eigenvalue weighted by atomic mass is 10.1. The van der Waals surface area contributed by atoms with E-state index in [0.29, 0.717) is 16.7 Å². The molecular formula is C17H16N2O3S. The highest BCUT2D eigenvalue weighted by atomic mass is 32.1. The predicted octanol–water partition coefficient (Wildman–Crippen LogP) is 2.97. The molecule has 0 fully saturated rings. The average Bonchev–Trinajstić information content (AvgIpc) is 2.85. The Balaban J connectivity index is 1.98. The largest absolute Gasteiger partial charge is 0.497 e. The molecule has 0 radical (unpaired) electrons. The lowest BCUT2D eigenvalue weighted by molar-refractivity contribution is 0.0970. The predicted molar refractivity (Wildman–Crippen MR) is 90.7 cm³/mol. The molecule has 3 aromatic rings. The molecule has 118 valence electrons. The molecule has 23 heavy (non-hydrogen) atoms. The van der Waals surface area contributed by atoms with Crippen molar-refractivity contribution in [1.82, 2.24) is 9.55 Å². The third-order valence-electron chi connectivity index (χ3n) is 3.86. The first kappa shape index (κ1) is 15.4. The van der Waals surface area contributed by atoms with Crippen LogP contribution in [0, 0.1) is 13.8 Å². The Morgan fingerprint density at radius 1 is 1.35 bits per heavy atom. The van der Waals surface area contributed by atoms with Crippen molar-refractivity contribution >= 4 is 27.3 Å². The number of rotatable bonds is 4. The zero-order valence-corrected chi connectivity index (χ0v) is 13.9. The molecule has 0 N–H and O–H groups in total. The first-order chi connectivity index (χ1) is 11.0. The van der Waals surface area contributed by atoms with E-state index in [1.165, 1.54) is 22.2 Å². The monoisotopic (exact) mass is 328 g/mol. The van der Waals surface area contributed by atoms with Crippen molar-refractivity contribution in [1.29, 1.82) is 0 Å². The van der Waals surface area contributed by atoms with Crippen molar-refractivity contribution in [2.75, 3.05) is 7.11 Å². The molecule has 3 rings (SSSR count). The topological polar surface area (TPSA) is 61.2 Å². The summed E-state index contributed by atoms with van der Waals surface area (Å²) in [7, 11) is 1.55. The number of carbonyl (C=O) groups excluding carboxylic acids is 1. The maximum Gasteiger partial charge on any atom is 0.262 e. The molecule has 2 aromatic heterocycles. The van der Waals surface area contributed by atoms with Crippen molar-refractivity contribution < 1.29 is 9.53 Å². The summed E-state index contributed by atoms with van der Waals surface area (Å²) in [5, 5.41) is 0.605. The maximum absolute atomic E-state index is 12.6. The van der Waals surface area contributed by atoms with Crippen LogP contribution in [0.5, 0.6) is 5.75 Å². The summed E-state index contributed by atoms with van der Waals surface area (Å²) < 4.78 is 6.49. The minimum Gasteiger partial charge on any atom is -0.497 e. The summed E-state index contributed by atoms with van der Waals surface area (Å²) in [6.07, 6.45) is 1.44. The SMILES string of the molecule is COc1cccc(C(=O)Cn2cnc3sc(C)c(C)c3c2=O)c1. The molecule has 1 aromatic carbocycles. The molecule has 0 amide bonds. The van der Waals surface area contributed by atoms with E-state index in [1.807, 2.05) is 13.8 Å². The van der Waals surface area contributed by atoms with Crippen LogP contribution in [0.4, 0.5) is 0 Å². The van der Waals surface area contributed by atoms with Gasteiger partial charge in [-0.05, 0) is 31.5 Å². The minimum atomic E-state index is -0.173. The first-order valence-corrected chi connectivity index (χ1v) is 7.95. The van der Waals surface area contributed by atoms with Crippen LogP contribution in [0.25, 0.3) is 10.2 Å².